The van der Waals surface area contributed by atoms with Crippen LogP contribution in [0.5, 0.6) is 0 Å². The summed E-state index contributed by atoms with van der Waals surface area (Å²) >= 11 is 5.98. The zero-order chi connectivity index (χ0) is 19.2. The lowest BCUT2D eigenvalue weighted by Crippen LogP contribution is -2.33. The van der Waals surface area contributed by atoms with E-state index in [2.05, 4.69) is 23.3 Å². The van der Waals surface area contributed by atoms with Gasteiger partial charge >= 0.3 is 0 Å². The predicted molar refractivity (Wildman–Crippen MR) is 107 cm³/mol. The number of hydrogen-bond acceptors (Lipinski definition) is 2. The quantitative estimate of drug-likeness (QED) is 0.740. The van der Waals surface area contributed by atoms with Crippen LogP contribution in [0.4, 0.5) is 4.39 Å². The fourth-order valence-corrected chi connectivity index (χ4v) is 4.00. The normalized spacial score (nSPS) is 15.1. The number of halogens is 2. The minimum Gasteiger partial charge on any atom is -0.348 e. The van der Waals surface area contributed by atoms with Gasteiger partial charge in [0, 0.05) is 19.1 Å². The lowest BCUT2D eigenvalue weighted by molar-refractivity contribution is 0.0950. The molecule has 0 aliphatic heterocycles. The second-order valence-corrected chi connectivity index (χ2v) is 7.69. The van der Waals surface area contributed by atoms with Gasteiger partial charge in [-0.15, -0.1) is 0 Å². The number of amides is 1. The van der Waals surface area contributed by atoms with E-state index in [-0.39, 0.29) is 16.5 Å². The van der Waals surface area contributed by atoms with Crippen LogP contribution in [0.2, 0.25) is 5.02 Å². The molecule has 1 N–H and O–H groups in total. The van der Waals surface area contributed by atoms with Gasteiger partial charge in [-0.25, -0.2) is 4.39 Å². The molecule has 1 amide bonds. The summed E-state index contributed by atoms with van der Waals surface area (Å²) in [6, 6.07) is 12.6. The minimum absolute atomic E-state index is 0.123. The Morgan fingerprint density at radius 1 is 1.15 bits per heavy atom. The van der Waals surface area contributed by atoms with E-state index < -0.39 is 5.82 Å². The number of hydrogen-bond donors (Lipinski definition) is 1. The Balaban J connectivity index is 1.64. The second-order valence-electron chi connectivity index (χ2n) is 7.28. The van der Waals surface area contributed by atoms with Gasteiger partial charge in [0.25, 0.3) is 5.91 Å². The summed E-state index contributed by atoms with van der Waals surface area (Å²) < 4.78 is 13.2. The average Bonchev–Trinajstić information content (AvgIpc) is 2.67. The molecular weight excluding hydrogens is 363 g/mol. The second kappa shape index (κ2) is 9.34. The molecule has 0 heterocycles. The van der Waals surface area contributed by atoms with Crippen molar-refractivity contribution in [1.82, 2.24) is 10.2 Å². The van der Waals surface area contributed by atoms with Gasteiger partial charge in [-0.05, 0) is 49.2 Å². The fourth-order valence-electron chi connectivity index (χ4n) is 3.75. The first-order valence-corrected chi connectivity index (χ1v) is 9.92. The van der Waals surface area contributed by atoms with E-state index >= 15 is 0 Å². The Bertz CT molecular complexity index is 790. The van der Waals surface area contributed by atoms with Gasteiger partial charge in [0.1, 0.15) is 5.82 Å². The summed E-state index contributed by atoms with van der Waals surface area (Å²) in [4.78, 5) is 14.8. The van der Waals surface area contributed by atoms with Crippen LogP contribution in [-0.4, -0.2) is 23.9 Å². The van der Waals surface area contributed by atoms with Crippen LogP contribution in [0, 0.1) is 5.82 Å². The number of benzene rings is 2. The summed E-state index contributed by atoms with van der Waals surface area (Å²) in [5, 5.41) is 3.03. The molecule has 27 heavy (non-hydrogen) atoms. The molecule has 0 radical (unpaired) electrons. The van der Waals surface area contributed by atoms with Crippen LogP contribution in [0.25, 0.3) is 0 Å². The SMILES string of the molecule is CN(Cc1ccccc1CNC(=O)c1ccc(F)cc1Cl)C1CCCCC1. The first kappa shape index (κ1) is 19.8. The standard InChI is InChI=1S/C22H26ClFN2O/c1-26(19-9-3-2-4-10-19)15-17-8-6-5-7-16(17)14-25-22(27)20-12-11-18(24)13-21(20)23/h5-8,11-13,19H,2-4,9-10,14-15H2,1H3,(H,25,27). The largest absolute Gasteiger partial charge is 0.348 e. The summed E-state index contributed by atoms with van der Waals surface area (Å²) in [5.41, 5.74) is 2.60. The molecule has 5 heteroatoms. The third-order valence-corrected chi connectivity index (χ3v) is 5.66. The monoisotopic (exact) mass is 388 g/mol. The maximum absolute atomic E-state index is 13.2. The van der Waals surface area contributed by atoms with Gasteiger partial charge in [0.15, 0.2) is 0 Å². The summed E-state index contributed by atoms with van der Waals surface area (Å²) in [7, 11) is 2.18. The van der Waals surface area contributed by atoms with Crippen molar-refractivity contribution in [1.29, 1.82) is 0 Å². The molecule has 1 fully saturated rings. The van der Waals surface area contributed by atoms with E-state index in [4.69, 9.17) is 11.6 Å². The lowest BCUT2D eigenvalue weighted by atomic mass is 9.94. The summed E-state index contributed by atoms with van der Waals surface area (Å²) in [5.74, 6) is -0.747. The zero-order valence-electron chi connectivity index (χ0n) is 15.7. The van der Waals surface area contributed by atoms with Crippen LogP contribution in [-0.2, 0) is 13.1 Å². The molecule has 0 spiro atoms. The maximum Gasteiger partial charge on any atom is 0.253 e. The first-order chi connectivity index (χ1) is 13.0. The number of nitrogens with zero attached hydrogens (tertiary/aromatic N) is 1. The molecule has 0 unspecified atom stereocenters. The van der Waals surface area contributed by atoms with Crippen molar-refractivity contribution in [2.24, 2.45) is 0 Å². The van der Waals surface area contributed by atoms with Crippen molar-refractivity contribution >= 4 is 17.5 Å². The highest BCUT2D eigenvalue weighted by Crippen LogP contribution is 2.24. The van der Waals surface area contributed by atoms with Gasteiger partial charge in [-0.3, -0.25) is 9.69 Å². The molecule has 1 aliphatic carbocycles. The van der Waals surface area contributed by atoms with E-state index in [1.165, 1.54) is 49.8 Å². The van der Waals surface area contributed by atoms with Crippen molar-refractivity contribution in [3.63, 3.8) is 0 Å². The molecule has 0 aromatic heterocycles. The first-order valence-electron chi connectivity index (χ1n) is 9.55. The third-order valence-electron chi connectivity index (χ3n) is 5.35. The minimum atomic E-state index is -0.451. The van der Waals surface area contributed by atoms with Crippen LogP contribution in [0.15, 0.2) is 42.5 Å². The number of nitrogens with one attached hydrogen (secondary N) is 1. The molecule has 3 rings (SSSR count). The van der Waals surface area contributed by atoms with E-state index in [1.54, 1.807) is 0 Å². The van der Waals surface area contributed by atoms with Crippen molar-refractivity contribution in [2.75, 3.05) is 7.05 Å². The average molecular weight is 389 g/mol. The summed E-state index contributed by atoms with van der Waals surface area (Å²) in [6.07, 6.45) is 6.49. The van der Waals surface area contributed by atoms with E-state index in [0.717, 1.165) is 18.2 Å². The van der Waals surface area contributed by atoms with Crippen LogP contribution >= 0.6 is 11.6 Å². The van der Waals surface area contributed by atoms with Crippen molar-refractivity contribution in [2.45, 2.75) is 51.2 Å². The molecule has 1 saturated carbocycles. The Hall–Kier alpha value is -1.91. The predicted octanol–water partition coefficient (Wildman–Crippen LogP) is 5.17. The number of rotatable bonds is 6. The summed E-state index contributed by atoms with van der Waals surface area (Å²) in [6.45, 7) is 1.29. The van der Waals surface area contributed by atoms with Crippen molar-refractivity contribution in [3.8, 4) is 0 Å². The van der Waals surface area contributed by atoms with Crippen molar-refractivity contribution < 1.29 is 9.18 Å². The molecule has 2 aromatic rings. The molecular formula is C22H26ClFN2O. The van der Waals surface area contributed by atoms with Gasteiger partial charge in [0.05, 0.1) is 10.6 Å². The fraction of sp³-hybridized carbons (Fsp3) is 0.409. The van der Waals surface area contributed by atoms with Gasteiger partial charge < -0.3 is 5.32 Å². The van der Waals surface area contributed by atoms with E-state index in [9.17, 15) is 9.18 Å². The van der Waals surface area contributed by atoms with E-state index in [0.29, 0.717) is 12.6 Å². The highest BCUT2D eigenvalue weighted by molar-refractivity contribution is 6.33. The maximum atomic E-state index is 13.2. The highest BCUT2D eigenvalue weighted by Gasteiger charge is 2.19. The van der Waals surface area contributed by atoms with Crippen LogP contribution in [0.1, 0.15) is 53.6 Å². The van der Waals surface area contributed by atoms with Crippen molar-refractivity contribution in [3.05, 3.63) is 70.0 Å². The van der Waals surface area contributed by atoms with Crippen LogP contribution < -0.4 is 5.32 Å². The number of carbonyl (C=O) groups excluding carboxylic acids is 1. The molecule has 0 bridgehead atoms. The smallest absolute Gasteiger partial charge is 0.253 e. The lowest BCUT2D eigenvalue weighted by Gasteiger charge is -2.31. The van der Waals surface area contributed by atoms with Crippen LogP contribution in [0.3, 0.4) is 0 Å². The Morgan fingerprint density at radius 3 is 2.56 bits per heavy atom. The molecule has 0 atom stereocenters. The molecule has 3 nitrogen and oxygen atoms in total. The molecule has 0 saturated heterocycles. The Labute approximate surface area is 165 Å². The Morgan fingerprint density at radius 2 is 1.85 bits per heavy atom. The van der Waals surface area contributed by atoms with Gasteiger partial charge in [-0.2, -0.15) is 0 Å². The highest BCUT2D eigenvalue weighted by atomic mass is 35.5. The Kier molecular flexibility index (Phi) is 6.86. The van der Waals surface area contributed by atoms with E-state index in [1.807, 2.05) is 18.2 Å². The zero-order valence-corrected chi connectivity index (χ0v) is 16.4. The molecule has 1 aliphatic rings. The number of carbonyl (C=O) groups is 1. The third kappa shape index (κ3) is 5.30. The topological polar surface area (TPSA) is 32.3 Å². The van der Waals surface area contributed by atoms with Gasteiger partial charge in [-0.1, -0.05) is 55.1 Å². The molecule has 144 valence electrons. The molecule has 2 aromatic carbocycles. The van der Waals surface area contributed by atoms with Gasteiger partial charge in [0.2, 0.25) is 0 Å².